The van der Waals surface area contributed by atoms with E-state index in [4.69, 9.17) is 10.6 Å². The van der Waals surface area contributed by atoms with E-state index in [9.17, 15) is 5.11 Å². The first-order valence-electron chi connectivity index (χ1n) is 5.96. The standard InChI is InChI=1S/C10H15N7O2/c11-15-10-13-8-7(3-12-16-8)9(14-10)17-1-2-19-5-6(17)4-18/h3,6,18H,1-2,4-5,11H2,(H2,12,13,14,15,16). The van der Waals surface area contributed by atoms with Crippen LogP contribution in [-0.2, 0) is 4.74 Å². The lowest BCUT2D eigenvalue weighted by atomic mass is 10.2. The summed E-state index contributed by atoms with van der Waals surface area (Å²) in [5, 5.41) is 17.0. The van der Waals surface area contributed by atoms with Gasteiger partial charge in [0.25, 0.3) is 0 Å². The van der Waals surface area contributed by atoms with Gasteiger partial charge >= 0.3 is 0 Å². The Balaban J connectivity index is 2.08. The molecule has 2 aromatic heterocycles. The van der Waals surface area contributed by atoms with E-state index in [-0.39, 0.29) is 12.6 Å². The SMILES string of the molecule is NNc1nc(N2CCOCC2CO)c2cn[nH]c2n1. The zero-order valence-corrected chi connectivity index (χ0v) is 10.2. The molecule has 0 aliphatic carbocycles. The lowest BCUT2D eigenvalue weighted by molar-refractivity contribution is 0.0724. The van der Waals surface area contributed by atoms with Crippen molar-refractivity contribution in [2.45, 2.75) is 6.04 Å². The Morgan fingerprint density at radius 2 is 2.47 bits per heavy atom. The minimum Gasteiger partial charge on any atom is -0.394 e. The molecule has 0 bridgehead atoms. The van der Waals surface area contributed by atoms with Gasteiger partial charge in [0.15, 0.2) is 5.65 Å². The Kier molecular flexibility index (Phi) is 3.15. The number of aromatic amines is 1. The molecular formula is C10H15N7O2. The van der Waals surface area contributed by atoms with Gasteiger partial charge in [-0.05, 0) is 0 Å². The largest absolute Gasteiger partial charge is 0.394 e. The molecule has 3 heterocycles. The Hall–Kier alpha value is -1.97. The Labute approximate surface area is 108 Å². The average Bonchev–Trinajstić information content (AvgIpc) is 2.94. The van der Waals surface area contributed by atoms with Crippen LogP contribution in [-0.4, -0.2) is 57.7 Å². The highest BCUT2D eigenvalue weighted by atomic mass is 16.5. The van der Waals surface area contributed by atoms with Crippen LogP contribution in [0.4, 0.5) is 11.8 Å². The van der Waals surface area contributed by atoms with Crippen LogP contribution >= 0.6 is 0 Å². The van der Waals surface area contributed by atoms with E-state index in [1.807, 2.05) is 4.90 Å². The molecule has 0 radical (unpaired) electrons. The quantitative estimate of drug-likeness (QED) is 0.404. The molecular weight excluding hydrogens is 250 g/mol. The second kappa shape index (κ2) is 4.96. The summed E-state index contributed by atoms with van der Waals surface area (Å²) < 4.78 is 5.37. The smallest absolute Gasteiger partial charge is 0.241 e. The van der Waals surface area contributed by atoms with E-state index in [0.717, 1.165) is 5.39 Å². The van der Waals surface area contributed by atoms with Crippen LogP contribution in [0.5, 0.6) is 0 Å². The lowest BCUT2D eigenvalue weighted by Gasteiger charge is -2.35. The first kappa shape index (κ1) is 12.1. The maximum absolute atomic E-state index is 9.44. The number of morpholine rings is 1. The summed E-state index contributed by atoms with van der Waals surface area (Å²) in [4.78, 5) is 10.5. The van der Waals surface area contributed by atoms with Crippen molar-refractivity contribution in [3.63, 3.8) is 0 Å². The number of nitrogen functional groups attached to an aromatic ring is 1. The van der Waals surface area contributed by atoms with E-state index in [1.54, 1.807) is 6.20 Å². The van der Waals surface area contributed by atoms with Crippen molar-refractivity contribution in [1.82, 2.24) is 20.2 Å². The van der Waals surface area contributed by atoms with Crippen molar-refractivity contribution in [3.05, 3.63) is 6.20 Å². The molecule has 19 heavy (non-hydrogen) atoms. The normalized spacial score (nSPS) is 19.9. The monoisotopic (exact) mass is 265 g/mol. The van der Waals surface area contributed by atoms with E-state index < -0.39 is 0 Å². The molecule has 1 unspecified atom stereocenters. The summed E-state index contributed by atoms with van der Waals surface area (Å²) in [5.41, 5.74) is 3.03. The van der Waals surface area contributed by atoms with E-state index in [0.29, 0.717) is 37.2 Å². The third-order valence-corrected chi connectivity index (χ3v) is 3.13. The van der Waals surface area contributed by atoms with Crippen molar-refractivity contribution in [3.8, 4) is 0 Å². The zero-order chi connectivity index (χ0) is 13.2. The molecule has 1 aliphatic heterocycles. The molecule has 9 heteroatoms. The number of hydrazine groups is 1. The highest BCUT2D eigenvalue weighted by Crippen LogP contribution is 2.26. The van der Waals surface area contributed by atoms with Crippen LogP contribution in [0.1, 0.15) is 0 Å². The fourth-order valence-corrected chi connectivity index (χ4v) is 2.19. The average molecular weight is 265 g/mol. The van der Waals surface area contributed by atoms with E-state index in [2.05, 4.69) is 25.6 Å². The van der Waals surface area contributed by atoms with E-state index >= 15 is 0 Å². The number of aromatic nitrogens is 4. The van der Waals surface area contributed by atoms with Crippen LogP contribution < -0.4 is 16.2 Å². The summed E-state index contributed by atoms with van der Waals surface area (Å²) in [6, 6.07) is -0.132. The van der Waals surface area contributed by atoms with Gasteiger partial charge in [-0.1, -0.05) is 0 Å². The van der Waals surface area contributed by atoms with Gasteiger partial charge in [-0.15, -0.1) is 0 Å². The van der Waals surface area contributed by atoms with Crippen molar-refractivity contribution in [1.29, 1.82) is 0 Å². The molecule has 5 N–H and O–H groups in total. The van der Waals surface area contributed by atoms with E-state index in [1.165, 1.54) is 0 Å². The minimum atomic E-state index is -0.132. The number of anilines is 2. The topological polar surface area (TPSA) is 125 Å². The van der Waals surface area contributed by atoms with Gasteiger partial charge in [0.05, 0.1) is 37.4 Å². The van der Waals surface area contributed by atoms with Gasteiger partial charge in [0, 0.05) is 6.54 Å². The predicted octanol–water partition coefficient (Wildman–Crippen LogP) is -1.16. The lowest BCUT2D eigenvalue weighted by Crippen LogP contribution is -2.48. The first-order valence-corrected chi connectivity index (χ1v) is 5.96. The molecule has 1 saturated heterocycles. The van der Waals surface area contributed by atoms with Gasteiger partial charge in [-0.2, -0.15) is 15.1 Å². The molecule has 0 spiro atoms. The van der Waals surface area contributed by atoms with Crippen LogP contribution in [0.3, 0.4) is 0 Å². The number of hydrogen-bond acceptors (Lipinski definition) is 8. The number of fused-ring (bicyclic) bond motifs is 1. The molecule has 0 aromatic carbocycles. The van der Waals surface area contributed by atoms with Gasteiger partial charge in [0.2, 0.25) is 5.95 Å². The number of aliphatic hydroxyl groups excluding tert-OH is 1. The number of nitrogens with one attached hydrogen (secondary N) is 2. The number of H-pyrrole nitrogens is 1. The van der Waals surface area contributed by atoms with Crippen molar-refractivity contribution in [2.24, 2.45) is 5.84 Å². The third kappa shape index (κ3) is 2.07. The second-order valence-electron chi connectivity index (χ2n) is 4.25. The minimum absolute atomic E-state index is 0.00522. The summed E-state index contributed by atoms with van der Waals surface area (Å²) in [6.07, 6.45) is 1.66. The molecule has 102 valence electrons. The number of hydrogen-bond donors (Lipinski definition) is 4. The maximum atomic E-state index is 9.44. The van der Waals surface area contributed by atoms with Crippen LogP contribution in [0.15, 0.2) is 6.20 Å². The number of nitrogens with zero attached hydrogens (tertiary/aromatic N) is 4. The number of ether oxygens (including phenoxy) is 1. The number of nitrogens with two attached hydrogens (primary N) is 1. The summed E-state index contributed by atoms with van der Waals surface area (Å²) >= 11 is 0. The maximum Gasteiger partial charge on any atom is 0.241 e. The fraction of sp³-hybridized carbons (Fsp3) is 0.500. The molecule has 1 fully saturated rings. The Bertz CT molecular complexity index is 572. The van der Waals surface area contributed by atoms with Gasteiger partial charge < -0.3 is 14.7 Å². The number of aliphatic hydroxyl groups is 1. The van der Waals surface area contributed by atoms with Gasteiger partial charge in [-0.3, -0.25) is 10.5 Å². The van der Waals surface area contributed by atoms with Crippen LogP contribution in [0, 0.1) is 0 Å². The van der Waals surface area contributed by atoms with Crippen LogP contribution in [0.25, 0.3) is 11.0 Å². The summed E-state index contributed by atoms with van der Waals surface area (Å²) in [7, 11) is 0. The highest BCUT2D eigenvalue weighted by molar-refractivity contribution is 5.87. The van der Waals surface area contributed by atoms with Crippen molar-refractivity contribution >= 4 is 22.8 Å². The molecule has 9 nitrogen and oxygen atoms in total. The summed E-state index contributed by atoms with van der Waals surface area (Å²) in [6.45, 7) is 1.69. The van der Waals surface area contributed by atoms with Crippen LogP contribution in [0.2, 0.25) is 0 Å². The zero-order valence-electron chi connectivity index (χ0n) is 10.2. The van der Waals surface area contributed by atoms with Gasteiger partial charge in [-0.25, -0.2) is 5.84 Å². The first-order chi connectivity index (χ1) is 9.33. The van der Waals surface area contributed by atoms with Gasteiger partial charge in [0.1, 0.15) is 5.82 Å². The molecule has 0 saturated carbocycles. The Morgan fingerprint density at radius 1 is 1.58 bits per heavy atom. The van der Waals surface area contributed by atoms with Crippen molar-refractivity contribution < 1.29 is 9.84 Å². The molecule has 3 rings (SSSR count). The second-order valence-corrected chi connectivity index (χ2v) is 4.25. The molecule has 2 aromatic rings. The molecule has 0 amide bonds. The molecule has 1 aliphatic rings. The Morgan fingerprint density at radius 3 is 3.26 bits per heavy atom. The highest BCUT2D eigenvalue weighted by Gasteiger charge is 2.26. The predicted molar refractivity (Wildman–Crippen MR) is 68.5 cm³/mol. The number of rotatable bonds is 3. The fourth-order valence-electron chi connectivity index (χ4n) is 2.19. The molecule has 1 atom stereocenters. The third-order valence-electron chi connectivity index (χ3n) is 3.13. The van der Waals surface area contributed by atoms with Crippen molar-refractivity contribution in [2.75, 3.05) is 36.7 Å². The summed E-state index contributed by atoms with van der Waals surface area (Å²) in [5.74, 6) is 6.36.